The highest BCUT2D eigenvalue weighted by atomic mass is 79.9. The number of benzene rings is 2. The second-order valence-corrected chi connectivity index (χ2v) is 8.22. The van der Waals surface area contributed by atoms with Gasteiger partial charge in [0, 0.05) is 4.47 Å². The zero-order valence-electron chi connectivity index (χ0n) is 14.3. The molecule has 0 fully saturated rings. The first kappa shape index (κ1) is 20.8. The summed E-state index contributed by atoms with van der Waals surface area (Å²) in [6.45, 7) is 4.88. The highest BCUT2D eigenvalue weighted by Crippen LogP contribution is 2.37. The maximum Gasteiger partial charge on any atom is 0.393 e. The molecule has 1 atom stereocenters. The Morgan fingerprint density at radius 2 is 1.54 bits per heavy atom. The third kappa shape index (κ3) is 3.64. The Balaban J connectivity index is 2.57. The molecule has 4 nitrogen and oxygen atoms in total. The lowest BCUT2D eigenvalue weighted by Crippen LogP contribution is -2.64. The maximum absolute atomic E-state index is 14.2. The average Bonchev–Trinajstić information content (AvgIpc) is 2.59. The minimum absolute atomic E-state index is 0.219. The molecular formula is C18H17BrCl2FN2O2+. The van der Waals surface area contributed by atoms with Crippen LogP contribution in [0.5, 0.6) is 0 Å². The summed E-state index contributed by atoms with van der Waals surface area (Å²) in [7, 11) is 0. The van der Waals surface area contributed by atoms with Gasteiger partial charge < -0.3 is 0 Å². The van der Waals surface area contributed by atoms with Crippen molar-refractivity contribution < 1.29 is 18.1 Å². The molecule has 138 valence electrons. The molecule has 2 aromatic rings. The Morgan fingerprint density at radius 1 is 1.04 bits per heavy atom. The van der Waals surface area contributed by atoms with Gasteiger partial charge in [-0.25, -0.2) is 9.18 Å². The molecule has 1 unspecified atom stereocenters. The molecule has 0 saturated carbocycles. The Labute approximate surface area is 170 Å². The molecule has 0 bridgehead atoms. The molecule has 0 radical (unpaired) electrons. The van der Waals surface area contributed by atoms with E-state index >= 15 is 0 Å². The maximum atomic E-state index is 14.2. The number of halogens is 4. The quantitative estimate of drug-likeness (QED) is 0.423. The van der Waals surface area contributed by atoms with Crippen molar-refractivity contribution in [3.8, 4) is 0 Å². The molecule has 2 rings (SSSR count). The number of carbonyl (C=O) groups excluding carboxylic acids is 2. The van der Waals surface area contributed by atoms with Gasteiger partial charge in [0.05, 0.1) is 17.3 Å². The molecule has 0 aromatic heterocycles. The largest absolute Gasteiger partial charge is 0.393 e. The number of hydrogen-bond acceptors (Lipinski definition) is 2. The van der Waals surface area contributed by atoms with Crippen molar-refractivity contribution in [1.29, 1.82) is 0 Å². The minimum Gasteiger partial charge on any atom is -0.262 e. The number of carbonyl (C=O) groups is 2. The van der Waals surface area contributed by atoms with Crippen LogP contribution in [0.3, 0.4) is 0 Å². The van der Waals surface area contributed by atoms with Crippen molar-refractivity contribution >= 4 is 51.3 Å². The SMILES string of the molecule is CC(C)(C)[N+](Cl)(C(=O)c1ccccc1F)N(Cl)C(=O)c1ccccc1Br. The molecule has 0 saturated heterocycles. The first-order chi connectivity index (χ1) is 12.0. The van der Waals surface area contributed by atoms with Crippen molar-refractivity contribution in [2.45, 2.75) is 26.3 Å². The number of nitrogens with zero attached hydrogens (tertiary/aromatic N) is 2. The molecule has 8 heteroatoms. The molecule has 0 spiro atoms. The normalized spacial score (nSPS) is 13.8. The lowest BCUT2D eigenvalue weighted by Gasteiger charge is -2.40. The van der Waals surface area contributed by atoms with Crippen molar-refractivity contribution in [1.82, 2.24) is 4.53 Å². The van der Waals surface area contributed by atoms with Crippen molar-refractivity contribution in [3.63, 3.8) is 0 Å². The molecule has 2 amide bonds. The van der Waals surface area contributed by atoms with Gasteiger partial charge in [-0.2, -0.15) is 0 Å². The minimum atomic E-state index is -1.17. The van der Waals surface area contributed by atoms with E-state index in [2.05, 4.69) is 15.9 Å². The molecule has 0 N–H and O–H groups in total. The van der Waals surface area contributed by atoms with E-state index in [1.54, 1.807) is 45.0 Å². The zero-order valence-corrected chi connectivity index (χ0v) is 17.4. The van der Waals surface area contributed by atoms with Crippen LogP contribution in [0.25, 0.3) is 0 Å². The summed E-state index contributed by atoms with van der Waals surface area (Å²) in [6.07, 6.45) is 0. The lowest BCUT2D eigenvalue weighted by molar-refractivity contribution is -0.871. The van der Waals surface area contributed by atoms with Crippen LogP contribution in [0.2, 0.25) is 0 Å². The smallest absolute Gasteiger partial charge is 0.262 e. The molecule has 0 aliphatic heterocycles. The third-order valence-corrected chi connectivity index (χ3v) is 5.74. The average molecular weight is 463 g/mol. The van der Waals surface area contributed by atoms with Gasteiger partial charge in [-0.1, -0.05) is 28.8 Å². The van der Waals surface area contributed by atoms with Crippen LogP contribution >= 0.6 is 39.5 Å². The number of rotatable bonds is 2. The molecular weight excluding hydrogens is 446 g/mol. The molecule has 0 aliphatic rings. The number of amides is 2. The van der Waals surface area contributed by atoms with Crippen molar-refractivity contribution in [2.75, 3.05) is 0 Å². The zero-order chi connectivity index (χ0) is 19.7. The fraction of sp³-hybridized carbons (Fsp3) is 0.222. The Morgan fingerprint density at radius 3 is 2.04 bits per heavy atom. The van der Waals surface area contributed by atoms with E-state index in [-0.39, 0.29) is 11.1 Å². The Bertz CT molecular complexity index is 857. The molecule has 0 heterocycles. The number of quaternary nitrogens is 1. The lowest BCUT2D eigenvalue weighted by atomic mass is 10.1. The van der Waals surface area contributed by atoms with Gasteiger partial charge in [0.1, 0.15) is 16.9 Å². The van der Waals surface area contributed by atoms with Crippen LogP contribution < -0.4 is 0 Å². The van der Waals surface area contributed by atoms with E-state index < -0.39 is 27.3 Å². The van der Waals surface area contributed by atoms with Crippen molar-refractivity contribution in [2.24, 2.45) is 0 Å². The Kier molecular flexibility index (Phi) is 6.13. The fourth-order valence-corrected chi connectivity index (χ4v) is 3.30. The highest BCUT2D eigenvalue weighted by molar-refractivity contribution is 9.10. The third-order valence-electron chi connectivity index (χ3n) is 3.78. The van der Waals surface area contributed by atoms with E-state index in [9.17, 15) is 14.0 Å². The summed E-state index contributed by atoms with van der Waals surface area (Å²) in [6, 6.07) is 12.0. The highest BCUT2D eigenvalue weighted by Gasteiger charge is 2.56. The second-order valence-electron chi connectivity index (χ2n) is 6.56. The topological polar surface area (TPSA) is 37.4 Å². The summed E-state index contributed by atoms with van der Waals surface area (Å²) < 4.78 is 14.1. The van der Waals surface area contributed by atoms with E-state index in [4.69, 9.17) is 23.6 Å². The van der Waals surface area contributed by atoms with Crippen LogP contribution in [0.4, 0.5) is 4.39 Å². The monoisotopic (exact) mass is 461 g/mol. The molecule has 26 heavy (non-hydrogen) atoms. The van der Waals surface area contributed by atoms with Crippen LogP contribution in [-0.4, -0.2) is 26.0 Å². The van der Waals surface area contributed by atoms with Crippen molar-refractivity contribution in [3.05, 3.63) is 69.9 Å². The van der Waals surface area contributed by atoms with Crippen LogP contribution in [0.1, 0.15) is 41.5 Å². The van der Waals surface area contributed by atoms with Gasteiger partial charge in [-0.15, -0.1) is 0 Å². The fourth-order valence-electron chi connectivity index (χ4n) is 2.30. The molecule has 0 aliphatic carbocycles. The summed E-state index contributed by atoms with van der Waals surface area (Å²) in [5, 5.41) is 0. The number of hydrogen-bond donors (Lipinski definition) is 0. The van der Waals surface area contributed by atoms with Gasteiger partial charge in [0.2, 0.25) is 11.8 Å². The Hall–Kier alpha value is -1.47. The van der Waals surface area contributed by atoms with E-state index in [0.29, 0.717) is 9.00 Å². The van der Waals surface area contributed by atoms with Crippen LogP contribution in [-0.2, 0) is 0 Å². The van der Waals surface area contributed by atoms with Crippen LogP contribution in [0.15, 0.2) is 53.0 Å². The summed E-state index contributed by atoms with van der Waals surface area (Å²) >= 11 is 16.2. The predicted octanol–water partition coefficient (Wildman–Crippen LogP) is 5.71. The van der Waals surface area contributed by atoms with Crippen LogP contribution in [0, 0.1) is 5.82 Å². The predicted molar refractivity (Wildman–Crippen MR) is 103 cm³/mol. The molecule has 2 aromatic carbocycles. The van der Waals surface area contributed by atoms with Gasteiger partial charge in [0.15, 0.2) is 0 Å². The van der Waals surface area contributed by atoms with E-state index in [0.717, 1.165) is 6.07 Å². The first-order valence-corrected chi connectivity index (χ1v) is 9.12. The first-order valence-electron chi connectivity index (χ1n) is 7.65. The summed E-state index contributed by atoms with van der Waals surface area (Å²) in [5.41, 5.74) is -1.10. The van der Waals surface area contributed by atoms with Gasteiger partial charge in [-0.3, -0.25) is 4.79 Å². The van der Waals surface area contributed by atoms with Gasteiger partial charge in [-0.05, 0) is 65.1 Å². The standard InChI is InChI=1S/C18H17BrCl2FN2O2/c1-18(2,3)24(21,17(26)13-9-5-7-11-15(13)22)23(20)16(25)12-8-4-6-10-14(12)19/h4-11H,1-3H3/q+1. The van der Waals surface area contributed by atoms with Gasteiger partial charge in [0.25, 0.3) is 0 Å². The second kappa shape index (κ2) is 7.64. The summed E-state index contributed by atoms with van der Waals surface area (Å²) in [5.74, 6) is -2.30. The van der Waals surface area contributed by atoms with E-state index in [1.165, 1.54) is 18.2 Å². The summed E-state index contributed by atoms with van der Waals surface area (Å²) in [4.78, 5) is 26.0. The van der Waals surface area contributed by atoms with E-state index in [1.807, 2.05) is 0 Å². The van der Waals surface area contributed by atoms with Gasteiger partial charge >= 0.3 is 11.8 Å².